The number of amides is 1. The SMILES string of the molecule is COc1cc(CN(Cc2ccco2)C(=O)c2cccc(Br)c2)ccc1OCc1ccccc1. The van der Waals surface area contributed by atoms with E-state index in [1.807, 2.05) is 84.9 Å². The average Bonchev–Trinajstić information content (AvgIpc) is 3.36. The molecule has 0 saturated carbocycles. The van der Waals surface area contributed by atoms with Crippen LogP contribution in [0.2, 0.25) is 0 Å². The van der Waals surface area contributed by atoms with E-state index in [0.29, 0.717) is 42.5 Å². The number of halogens is 1. The lowest BCUT2D eigenvalue weighted by Crippen LogP contribution is -2.30. The molecule has 0 N–H and O–H groups in total. The highest BCUT2D eigenvalue weighted by molar-refractivity contribution is 9.10. The Morgan fingerprint density at radius 3 is 2.45 bits per heavy atom. The van der Waals surface area contributed by atoms with Gasteiger partial charge in [-0.3, -0.25) is 4.79 Å². The van der Waals surface area contributed by atoms with E-state index >= 15 is 0 Å². The van der Waals surface area contributed by atoms with Crippen LogP contribution in [0.25, 0.3) is 0 Å². The van der Waals surface area contributed by atoms with Crippen LogP contribution in [-0.4, -0.2) is 17.9 Å². The fourth-order valence-electron chi connectivity index (χ4n) is 3.48. The van der Waals surface area contributed by atoms with Crippen molar-refractivity contribution in [1.82, 2.24) is 4.90 Å². The molecule has 4 rings (SSSR count). The summed E-state index contributed by atoms with van der Waals surface area (Å²) in [6.45, 7) is 1.19. The number of carbonyl (C=O) groups excluding carboxylic acids is 1. The van der Waals surface area contributed by atoms with Gasteiger partial charge in [0.05, 0.1) is 19.9 Å². The number of carbonyl (C=O) groups is 1. The van der Waals surface area contributed by atoms with Gasteiger partial charge in [-0.2, -0.15) is 0 Å². The molecule has 1 amide bonds. The molecular weight excluding hydrogens is 482 g/mol. The van der Waals surface area contributed by atoms with Crippen LogP contribution in [0.5, 0.6) is 11.5 Å². The Morgan fingerprint density at radius 1 is 0.879 bits per heavy atom. The number of hydrogen-bond donors (Lipinski definition) is 0. The maximum atomic E-state index is 13.3. The quantitative estimate of drug-likeness (QED) is 0.261. The standard InChI is InChI=1S/C27H24BrNO4/c1-31-26-15-21(12-13-25(26)33-19-20-7-3-2-4-8-20)17-29(18-24-11-6-14-32-24)27(30)22-9-5-10-23(28)16-22/h2-16H,17-19H2,1H3. The number of methoxy groups -OCH3 is 1. The topological polar surface area (TPSA) is 51.9 Å². The number of ether oxygens (including phenoxy) is 2. The molecule has 0 bridgehead atoms. The Bertz CT molecular complexity index is 1190. The van der Waals surface area contributed by atoms with Crippen LogP contribution in [0, 0.1) is 0 Å². The molecular formula is C27H24BrNO4. The minimum Gasteiger partial charge on any atom is -0.493 e. The maximum Gasteiger partial charge on any atom is 0.254 e. The molecule has 0 spiro atoms. The molecule has 0 aliphatic heterocycles. The van der Waals surface area contributed by atoms with E-state index in [2.05, 4.69) is 15.9 Å². The molecule has 0 atom stereocenters. The van der Waals surface area contributed by atoms with Gasteiger partial charge in [-0.05, 0) is 53.6 Å². The minimum atomic E-state index is -0.0870. The van der Waals surface area contributed by atoms with Crippen molar-refractivity contribution in [2.24, 2.45) is 0 Å². The van der Waals surface area contributed by atoms with E-state index in [0.717, 1.165) is 15.6 Å². The Balaban J connectivity index is 1.54. The van der Waals surface area contributed by atoms with Crippen molar-refractivity contribution in [2.75, 3.05) is 7.11 Å². The van der Waals surface area contributed by atoms with Crippen molar-refractivity contribution in [3.63, 3.8) is 0 Å². The molecule has 0 saturated heterocycles. The molecule has 4 aromatic rings. The summed E-state index contributed by atoms with van der Waals surface area (Å²) < 4.78 is 17.9. The predicted octanol–water partition coefficient (Wildman–Crippen LogP) is 6.47. The fourth-order valence-corrected chi connectivity index (χ4v) is 3.88. The zero-order valence-electron chi connectivity index (χ0n) is 18.2. The average molecular weight is 506 g/mol. The summed E-state index contributed by atoms with van der Waals surface area (Å²) in [4.78, 5) is 15.1. The van der Waals surface area contributed by atoms with Gasteiger partial charge in [-0.25, -0.2) is 0 Å². The largest absolute Gasteiger partial charge is 0.493 e. The van der Waals surface area contributed by atoms with E-state index in [4.69, 9.17) is 13.9 Å². The molecule has 1 aromatic heterocycles. The summed E-state index contributed by atoms with van der Waals surface area (Å²) in [7, 11) is 1.61. The van der Waals surface area contributed by atoms with E-state index in [1.54, 1.807) is 18.3 Å². The molecule has 6 heteroatoms. The predicted molar refractivity (Wildman–Crippen MR) is 130 cm³/mol. The normalized spacial score (nSPS) is 10.6. The first kappa shape index (κ1) is 22.7. The number of rotatable bonds is 9. The second-order valence-corrected chi connectivity index (χ2v) is 8.43. The van der Waals surface area contributed by atoms with Crippen molar-refractivity contribution in [3.8, 4) is 11.5 Å². The van der Waals surface area contributed by atoms with Gasteiger partial charge in [-0.1, -0.05) is 58.4 Å². The molecule has 168 valence electrons. The van der Waals surface area contributed by atoms with Crippen LogP contribution < -0.4 is 9.47 Å². The lowest BCUT2D eigenvalue weighted by atomic mass is 10.1. The first-order chi connectivity index (χ1) is 16.1. The van der Waals surface area contributed by atoms with E-state index < -0.39 is 0 Å². The second kappa shape index (κ2) is 10.9. The minimum absolute atomic E-state index is 0.0870. The fraction of sp³-hybridized carbons (Fsp3) is 0.148. The number of nitrogens with zero attached hydrogens (tertiary/aromatic N) is 1. The summed E-state index contributed by atoms with van der Waals surface area (Å²) in [5, 5.41) is 0. The lowest BCUT2D eigenvalue weighted by Gasteiger charge is -2.23. The van der Waals surface area contributed by atoms with E-state index in [1.165, 1.54) is 0 Å². The number of benzene rings is 3. The smallest absolute Gasteiger partial charge is 0.254 e. The summed E-state index contributed by atoms with van der Waals surface area (Å²) in [5.74, 6) is 1.90. The molecule has 0 aliphatic rings. The molecule has 0 unspecified atom stereocenters. The van der Waals surface area contributed by atoms with Gasteiger partial charge in [0.25, 0.3) is 5.91 Å². The van der Waals surface area contributed by atoms with Crippen LogP contribution in [0.15, 0.2) is 100 Å². The first-order valence-electron chi connectivity index (χ1n) is 10.5. The van der Waals surface area contributed by atoms with Gasteiger partial charge >= 0.3 is 0 Å². The highest BCUT2D eigenvalue weighted by Crippen LogP contribution is 2.30. The third kappa shape index (κ3) is 6.05. The van der Waals surface area contributed by atoms with E-state index in [9.17, 15) is 4.79 Å². The molecule has 33 heavy (non-hydrogen) atoms. The molecule has 3 aromatic carbocycles. The Labute approximate surface area is 201 Å². The number of hydrogen-bond acceptors (Lipinski definition) is 4. The zero-order valence-corrected chi connectivity index (χ0v) is 19.8. The van der Waals surface area contributed by atoms with Crippen molar-refractivity contribution in [1.29, 1.82) is 0 Å². The van der Waals surface area contributed by atoms with Gasteiger partial charge < -0.3 is 18.8 Å². The van der Waals surface area contributed by atoms with Gasteiger partial charge in [-0.15, -0.1) is 0 Å². The van der Waals surface area contributed by atoms with Crippen LogP contribution in [0.3, 0.4) is 0 Å². The van der Waals surface area contributed by atoms with Crippen molar-refractivity contribution in [3.05, 3.63) is 118 Å². The Morgan fingerprint density at radius 2 is 1.73 bits per heavy atom. The maximum absolute atomic E-state index is 13.3. The third-order valence-corrected chi connectivity index (χ3v) is 5.62. The van der Waals surface area contributed by atoms with Crippen molar-refractivity contribution < 1.29 is 18.7 Å². The van der Waals surface area contributed by atoms with Gasteiger partial charge in [0.15, 0.2) is 11.5 Å². The van der Waals surface area contributed by atoms with Crippen LogP contribution in [0.4, 0.5) is 0 Å². The van der Waals surface area contributed by atoms with Crippen molar-refractivity contribution in [2.45, 2.75) is 19.7 Å². The zero-order chi connectivity index (χ0) is 23.0. The summed E-state index contributed by atoms with van der Waals surface area (Å²) in [6, 6.07) is 26.8. The highest BCUT2D eigenvalue weighted by atomic mass is 79.9. The third-order valence-electron chi connectivity index (χ3n) is 5.12. The molecule has 1 heterocycles. The Hall–Kier alpha value is -3.51. The van der Waals surface area contributed by atoms with Gasteiger partial charge in [0, 0.05) is 16.6 Å². The van der Waals surface area contributed by atoms with Crippen LogP contribution >= 0.6 is 15.9 Å². The summed E-state index contributed by atoms with van der Waals surface area (Å²) in [6.07, 6.45) is 1.61. The van der Waals surface area contributed by atoms with Crippen LogP contribution in [-0.2, 0) is 19.7 Å². The summed E-state index contributed by atoms with van der Waals surface area (Å²) >= 11 is 3.45. The van der Waals surface area contributed by atoms with Gasteiger partial charge in [0.1, 0.15) is 12.4 Å². The molecule has 5 nitrogen and oxygen atoms in total. The van der Waals surface area contributed by atoms with Gasteiger partial charge in [0.2, 0.25) is 0 Å². The molecule has 0 fully saturated rings. The van der Waals surface area contributed by atoms with Crippen LogP contribution in [0.1, 0.15) is 27.2 Å². The lowest BCUT2D eigenvalue weighted by molar-refractivity contribution is 0.0717. The monoisotopic (exact) mass is 505 g/mol. The van der Waals surface area contributed by atoms with Crippen molar-refractivity contribution >= 4 is 21.8 Å². The van der Waals surface area contributed by atoms with E-state index in [-0.39, 0.29) is 5.91 Å². The number of furan rings is 1. The first-order valence-corrected chi connectivity index (χ1v) is 11.3. The molecule has 0 radical (unpaired) electrons. The highest BCUT2D eigenvalue weighted by Gasteiger charge is 2.19. The second-order valence-electron chi connectivity index (χ2n) is 7.51. The Kier molecular flexibility index (Phi) is 7.47. The molecule has 0 aliphatic carbocycles. The summed E-state index contributed by atoms with van der Waals surface area (Å²) in [5.41, 5.74) is 2.60.